The summed E-state index contributed by atoms with van der Waals surface area (Å²) in [5.41, 5.74) is 0. The Morgan fingerprint density at radius 3 is 1.17 bits per heavy atom. The average Bonchev–Trinajstić information content (AvgIpc) is 3.35. The van der Waals surface area contributed by atoms with Crippen LogP contribution in [0.4, 0.5) is 0 Å². The Bertz CT molecular complexity index is 1130. The van der Waals surface area contributed by atoms with E-state index in [4.69, 9.17) is 9.47 Å². The largest absolute Gasteiger partial charge is 0.394 e. The minimum Gasteiger partial charge on any atom is -0.394 e. The zero-order chi connectivity index (χ0) is 50.1. The first-order chi connectivity index (χ1) is 33.8. The van der Waals surface area contributed by atoms with E-state index in [9.17, 15) is 30.3 Å². The van der Waals surface area contributed by atoms with Crippen LogP contribution in [0.15, 0.2) is 24.3 Å². The number of allylic oxidation sites excluding steroid dienone is 3. The molecule has 0 saturated carbocycles. The van der Waals surface area contributed by atoms with E-state index in [-0.39, 0.29) is 12.5 Å². The van der Waals surface area contributed by atoms with Gasteiger partial charge in [-0.3, -0.25) is 4.79 Å². The predicted octanol–water partition coefficient (Wildman–Crippen LogP) is 15.0. The monoisotopic (exact) mass is 978 g/mol. The summed E-state index contributed by atoms with van der Waals surface area (Å²) in [5.74, 6) is -0.171. The summed E-state index contributed by atoms with van der Waals surface area (Å²) >= 11 is 0. The molecule has 6 N–H and O–H groups in total. The first-order valence-corrected chi connectivity index (χ1v) is 30.1. The van der Waals surface area contributed by atoms with E-state index in [1.807, 2.05) is 6.08 Å². The van der Waals surface area contributed by atoms with Gasteiger partial charge in [0.05, 0.1) is 25.4 Å². The molecule has 7 unspecified atom stereocenters. The minimum absolute atomic E-state index is 0.171. The number of aliphatic hydroxyl groups excluding tert-OH is 5. The number of hydrogen-bond donors (Lipinski definition) is 6. The van der Waals surface area contributed by atoms with Crippen molar-refractivity contribution in [3.05, 3.63) is 24.3 Å². The highest BCUT2D eigenvalue weighted by atomic mass is 16.7. The molecule has 1 amide bonds. The molecule has 69 heavy (non-hydrogen) atoms. The minimum atomic E-state index is -1.56. The van der Waals surface area contributed by atoms with Gasteiger partial charge in [0.25, 0.3) is 0 Å². The number of amides is 1. The van der Waals surface area contributed by atoms with Gasteiger partial charge < -0.3 is 40.3 Å². The molecule has 0 aromatic rings. The highest BCUT2D eigenvalue weighted by molar-refractivity contribution is 5.76. The molecule has 1 fully saturated rings. The molecule has 0 aliphatic carbocycles. The predicted molar refractivity (Wildman–Crippen MR) is 290 cm³/mol. The molecule has 1 saturated heterocycles. The zero-order valence-corrected chi connectivity index (χ0v) is 45.3. The van der Waals surface area contributed by atoms with Gasteiger partial charge in [-0.15, -0.1) is 0 Å². The van der Waals surface area contributed by atoms with E-state index < -0.39 is 49.5 Å². The van der Waals surface area contributed by atoms with Crippen LogP contribution < -0.4 is 5.32 Å². The van der Waals surface area contributed by atoms with Crippen LogP contribution in [-0.2, 0) is 14.3 Å². The van der Waals surface area contributed by atoms with E-state index in [0.717, 1.165) is 38.5 Å². The number of unbranched alkanes of at least 4 members (excludes halogenated alkanes) is 40. The van der Waals surface area contributed by atoms with Crippen LogP contribution in [-0.4, -0.2) is 87.5 Å². The number of aliphatic hydroxyl groups is 5. The number of carbonyl (C=O) groups excluding carboxylic acids is 1. The Morgan fingerprint density at radius 1 is 0.478 bits per heavy atom. The smallest absolute Gasteiger partial charge is 0.220 e. The van der Waals surface area contributed by atoms with Gasteiger partial charge in [-0.1, -0.05) is 269 Å². The van der Waals surface area contributed by atoms with Crippen molar-refractivity contribution in [2.75, 3.05) is 13.2 Å². The van der Waals surface area contributed by atoms with Crippen molar-refractivity contribution >= 4 is 5.91 Å². The molecule has 0 bridgehead atoms. The van der Waals surface area contributed by atoms with Crippen molar-refractivity contribution < 1.29 is 39.8 Å². The van der Waals surface area contributed by atoms with E-state index in [1.54, 1.807) is 6.08 Å². The third kappa shape index (κ3) is 39.8. The number of hydrogen-bond acceptors (Lipinski definition) is 8. The van der Waals surface area contributed by atoms with Crippen LogP contribution >= 0.6 is 0 Å². The fourth-order valence-electron chi connectivity index (χ4n) is 9.74. The number of nitrogens with one attached hydrogen (secondary N) is 1. The van der Waals surface area contributed by atoms with E-state index >= 15 is 0 Å². The summed E-state index contributed by atoms with van der Waals surface area (Å²) in [6.45, 7) is 3.81. The SMILES string of the molecule is CCCCCCCCCC/C=C\CCCCCCCCCCCCCCCCCCCCCC(=O)NC(COC1OC(CO)C(O)C(O)C1O)C(O)/C=C/CCCCCCCCCCCCCCC. The Kier molecular flexibility index (Phi) is 47.8. The maximum Gasteiger partial charge on any atom is 0.220 e. The van der Waals surface area contributed by atoms with Crippen LogP contribution in [0.1, 0.15) is 296 Å². The molecule has 408 valence electrons. The maximum absolute atomic E-state index is 13.1. The molecule has 7 atom stereocenters. The first-order valence-electron chi connectivity index (χ1n) is 30.1. The first kappa shape index (κ1) is 65.7. The fraction of sp³-hybridized carbons (Fsp3) is 0.917. The van der Waals surface area contributed by atoms with Gasteiger partial charge in [0.15, 0.2) is 6.29 Å². The zero-order valence-electron chi connectivity index (χ0n) is 45.3. The van der Waals surface area contributed by atoms with E-state index in [1.165, 1.54) is 238 Å². The Balaban J connectivity index is 2.13. The van der Waals surface area contributed by atoms with Gasteiger partial charge >= 0.3 is 0 Å². The summed E-state index contributed by atoms with van der Waals surface area (Å²) in [5, 5.41) is 54.5. The molecule has 1 aliphatic heterocycles. The molecule has 1 aliphatic rings. The number of carbonyl (C=O) groups is 1. The summed E-state index contributed by atoms with van der Waals surface area (Å²) in [4.78, 5) is 13.1. The van der Waals surface area contributed by atoms with Crippen LogP contribution in [0.3, 0.4) is 0 Å². The maximum atomic E-state index is 13.1. The average molecular weight is 979 g/mol. The van der Waals surface area contributed by atoms with Crippen LogP contribution in [0, 0.1) is 0 Å². The standard InChI is InChI=1S/C60H115NO8/c1-3-5-7-9-11-13-15-17-19-20-21-22-23-24-25-26-27-28-29-30-31-32-33-34-36-38-40-42-44-46-48-50-56(64)61-53(52-68-60-59(67)58(66)57(65)55(51-62)69-60)54(63)49-47-45-43-41-39-37-35-18-16-14-12-10-8-6-4-2/h20-21,47,49,53-55,57-60,62-63,65-67H,3-19,22-46,48,50-52H2,1-2H3,(H,61,64)/b21-20-,49-47+. The summed E-state index contributed by atoms with van der Waals surface area (Å²) in [6, 6.07) is -0.801. The summed E-state index contributed by atoms with van der Waals surface area (Å²) in [6.07, 6.45) is 56.9. The Labute approximate surface area is 426 Å². The second-order valence-electron chi connectivity index (χ2n) is 21.1. The second kappa shape index (κ2) is 50.2. The third-order valence-electron chi connectivity index (χ3n) is 14.5. The summed E-state index contributed by atoms with van der Waals surface area (Å²) < 4.78 is 11.3. The lowest BCUT2D eigenvalue weighted by molar-refractivity contribution is -0.302. The van der Waals surface area contributed by atoms with Crippen LogP contribution in [0.2, 0.25) is 0 Å². The Morgan fingerprint density at radius 2 is 0.812 bits per heavy atom. The van der Waals surface area contributed by atoms with Gasteiger partial charge in [-0.2, -0.15) is 0 Å². The van der Waals surface area contributed by atoms with Gasteiger partial charge in [0.2, 0.25) is 5.91 Å². The van der Waals surface area contributed by atoms with Crippen molar-refractivity contribution in [1.82, 2.24) is 5.32 Å². The Hall–Kier alpha value is -1.33. The van der Waals surface area contributed by atoms with Crippen molar-refractivity contribution in [3.63, 3.8) is 0 Å². The molecule has 1 rings (SSSR count). The van der Waals surface area contributed by atoms with Gasteiger partial charge in [-0.25, -0.2) is 0 Å². The van der Waals surface area contributed by atoms with Crippen molar-refractivity contribution in [2.45, 2.75) is 339 Å². The number of rotatable bonds is 52. The quantitative estimate of drug-likeness (QED) is 0.0261. The van der Waals surface area contributed by atoms with E-state index in [0.29, 0.717) is 6.42 Å². The lowest BCUT2D eigenvalue weighted by Crippen LogP contribution is -2.60. The fourth-order valence-corrected chi connectivity index (χ4v) is 9.74. The van der Waals surface area contributed by atoms with Gasteiger partial charge in [-0.05, 0) is 44.9 Å². The summed E-state index contributed by atoms with van der Waals surface area (Å²) in [7, 11) is 0. The molecule has 0 aromatic heterocycles. The lowest BCUT2D eigenvalue weighted by atomic mass is 9.99. The molecular weight excluding hydrogens is 863 g/mol. The molecular formula is C60H115NO8. The van der Waals surface area contributed by atoms with Crippen molar-refractivity contribution in [3.8, 4) is 0 Å². The molecule has 0 spiro atoms. The normalized spacial score (nSPS) is 19.6. The molecule has 9 nitrogen and oxygen atoms in total. The highest BCUT2D eigenvalue weighted by Crippen LogP contribution is 2.23. The van der Waals surface area contributed by atoms with Crippen LogP contribution in [0.25, 0.3) is 0 Å². The van der Waals surface area contributed by atoms with Gasteiger partial charge in [0.1, 0.15) is 24.4 Å². The number of ether oxygens (including phenoxy) is 2. The second-order valence-corrected chi connectivity index (χ2v) is 21.1. The van der Waals surface area contributed by atoms with E-state index in [2.05, 4.69) is 31.3 Å². The highest BCUT2D eigenvalue weighted by Gasteiger charge is 2.44. The van der Waals surface area contributed by atoms with Gasteiger partial charge in [0, 0.05) is 6.42 Å². The molecule has 0 radical (unpaired) electrons. The molecule has 0 aromatic carbocycles. The molecule has 9 heteroatoms. The lowest BCUT2D eigenvalue weighted by Gasteiger charge is -2.40. The van der Waals surface area contributed by atoms with Crippen molar-refractivity contribution in [2.24, 2.45) is 0 Å². The van der Waals surface area contributed by atoms with Crippen LogP contribution in [0.5, 0.6) is 0 Å². The topological polar surface area (TPSA) is 149 Å². The van der Waals surface area contributed by atoms with Crippen molar-refractivity contribution in [1.29, 1.82) is 0 Å². The molecule has 1 heterocycles. The third-order valence-corrected chi connectivity index (χ3v) is 14.5.